The predicted octanol–water partition coefficient (Wildman–Crippen LogP) is 5.98. The van der Waals surface area contributed by atoms with Crippen LogP contribution in [-0.4, -0.2) is 25.8 Å². The third-order valence-electron chi connectivity index (χ3n) is 4.83. The molecule has 0 spiro atoms. The van der Waals surface area contributed by atoms with Gasteiger partial charge in [0.15, 0.2) is 0 Å². The second-order valence-corrected chi connectivity index (χ2v) is 9.32. The van der Waals surface area contributed by atoms with Crippen LogP contribution in [0.4, 0.5) is 5.69 Å². The summed E-state index contributed by atoms with van der Waals surface area (Å²) >= 11 is 9.34. The summed E-state index contributed by atoms with van der Waals surface area (Å²) in [6.45, 7) is 6.01. The maximum Gasteiger partial charge on any atom is 0.237 e. The summed E-state index contributed by atoms with van der Waals surface area (Å²) in [5.41, 5.74) is 3.83. The molecule has 0 saturated carbocycles. The fourth-order valence-corrected chi connectivity index (χ4v) is 5.17. The van der Waals surface area contributed by atoms with Crippen molar-refractivity contribution in [3.05, 3.63) is 52.1 Å². The molecule has 0 radical (unpaired) electrons. The number of halogens is 1. The molecule has 8 heteroatoms. The molecule has 0 bridgehead atoms. The molecule has 0 aliphatic heterocycles. The number of hydrogen-bond donors (Lipinski definition) is 1. The van der Waals surface area contributed by atoms with Crippen molar-refractivity contribution in [2.24, 2.45) is 0 Å². The molecule has 4 rings (SSSR count). The van der Waals surface area contributed by atoms with Gasteiger partial charge in [0.2, 0.25) is 5.91 Å². The third-order valence-corrected chi connectivity index (χ3v) is 7.44. The van der Waals surface area contributed by atoms with Crippen molar-refractivity contribution in [3.8, 4) is 0 Å². The zero-order valence-electron chi connectivity index (χ0n) is 16.4. The first kappa shape index (κ1) is 20.2. The highest BCUT2D eigenvalue weighted by Crippen LogP contribution is 2.34. The summed E-state index contributed by atoms with van der Waals surface area (Å²) in [6.07, 6.45) is 1.47. The molecule has 0 aliphatic carbocycles. The lowest BCUT2D eigenvalue weighted by Gasteiger charge is -2.15. The number of nitrogens with zero attached hydrogens (tertiary/aromatic N) is 3. The number of benzene rings is 1. The van der Waals surface area contributed by atoms with Crippen LogP contribution < -0.4 is 5.32 Å². The highest BCUT2D eigenvalue weighted by Gasteiger charge is 2.22. The fraction of sp³-hybridized carbons (Fsp3) is 0.286. The average molecular weight is 445 g/mol. The number of aromatic nitrogens is 3. The average Bonchev–Trinajstić information content (AvgIpc) is 3.30. The van der Waals surface area contributed by atoms with Crippen molar-refractivity contribution in [2.45, 2.75) is 43.9 Å². The maximum atomic E-state index is 12.9. The van der Waals surface area contributed by atoms with Gasteiger partial charge < -0.3 is 5.32 Å². The van der Waals surface area contributed by atoms with E-state index in [0.29, 0.717) is 17.1 Å². The molecule has 29 heavy (non-hydrogen) atoms. The summed E-state index contributed by atoms with van der Waals surface area (Å²) in [7, 11) is 0. The van der Waals surface area contributed by atoms with Crippen molar-refractivity contribution >= 4 is 62.0 Å². The van der Waals surface area contributed by atoms with E-state index in [2.05, 4.69) is 44.4 Å². The summed E-state index contributed by atoms with van der Waals surface area (Å²) in [5, 5.41) is 15.1. The highest BCUT2D eigenvalue weighted by molar-refractivity contribution is 8.00. The number of anilines is 1. The van der Waals surface area contributed by atoms with Gasteiger partial charge in [0.05, 0.1) is 21.0 Å². The van der Waals surface area contributed by atoms with Gasteiger partial charge in [-0.3, -0.25) is 9.20 Å². The number of fused-ring (bicyclic) bond motifs is 3. The van der Waals surface area contributed by atoms with Crippen LogP contribution >= 0.6 is 34.7 Å². The van der Waals surface area contributed by atoms with Gasteiger partial charge in [0.25, 0.3) is 0 Å². The van der Waals surface area contributed by atoms with Crippen LogP contribution in [0.25, 0.3) is 15.7 Å². The smallest absolute Gasteiger partial charge is 0.237 e. The summed E-state index contributed by atoms with van der Waals surface area (Å²) in [4.78, 5) is 12.9. The van der Waals surface area contributed by atoms with E-state index in [4.69, 9.17) is 11.6 Å². The number of thiophene rings is 1. The van der Waals surface area contributed by atoms with Gasteiger partial charge in [-0.25, -0.2) is 0 Å². The van der Waals surface area contributed by atoms with E-state index in [-0.39, 0.29) is 11.2 Å². The zero-order chi connectivity index (χ0) is 20.5. The summed E-state index contributed by atoms with van der Waals surface area (Å²) in [5.74, 6) is 0.856. The molecule has 1 N–H and O–H groups in total. The number of thioether (sulfide) groups is 1. The molecule has 0 saturated heterocycles. The van der Waals surface area contributed by atoms with Gasteiger partial charge in [-0.1, -0.05) is 43.3 Å². The molecule has 0 unspecified atom stereocenters. The Labute approximate surface area is 182 Å². The molecule has 5 nitrogen and oxygen atoms in total. The van der Waals surface area contributed by atoms with Crippen LogP contribution in [-0.2, 0) is 11.2 Å². The van der Waals surface area contributed by atoms with Crippen molar-refractivity contribution in [2.75, 3.05) is 5.32 Å². The highest BCUT2D eigenvalue weighted by atomic mass is 35.5. The Morgan fingerprint density at radius 1 is 1.24 bits per heavy atom. The van der Waals surface area contributed by atoms with Crippen LogP contribution in [0, 0.1) is 6.92 Å². The Kier molecular flexibility index (Phi) is 5.81. The monoisotopic (exact) mass is 444 g/mol. The number of carbonyl (C=O) groups excluding carboxylic acids is 1. The number of amides is 1. The largest absolute Gasteiger partial charge is 0.325 e. The Bertz CT molecular complexity index is 1200. The van der Waals surface area contributed by atoms with Crippen LogP contribution in [0.2, 0.25) is 5.02 Å². The van der Waals surface area contributed by atoms with E-state index < -0.39 is 0 Å². The van der Waals surface area contributed by atoms with Crippen molar-refractivity contribution in [3.63, 3.8) is 0 Å². The number of rotatable bonds is 6. The van der Waals surface area contributed by atoms with Crippen LogP contribution in [0.1, 0.15) is 31.7 Å². The van der Waals surface area contributed by atoms with Crippen LogP contribution in [0.5, 0.6) is 0 Å². The van der Waals surface area contributed by atoms with Crippen molar-refractivity contribution < 1.29 is 4.79 Å². The molecular weight excluding hydrogens is 424 g/mol. The second kappa shape index (κ2) is 8.34. The standard InChI is InChI=1S/C21H21ClN4OS2/c1-4-17(20(27)23-13-7-6-12(3)14(22)10-13)29-21-16-11-18-15(8-9-28-18)26(16)19(5-2)24-25-21/h6-11,17H,4-5H2,1-3H3,(H,23,27)/t17-/m1/s1. The predicted molar refractivity (Wildman–Crippen MR) is 123 cm³/mol. The Morgan fingerprint density at radius 2 is 2.07 bits per heavy atom. The van der Waals surface area contributed by atoms with E-state index in [1.807, 2.05) is 26.0 Å². The molecule has 1 aromatic carbocycles. The van der Waals surface area contributed by atoms with E-state index in [9.17, 15) is 4.79 Å². The minimum atomic E-state index is -0.284. The Hall–Kier alpha value is -2.09. The number of nitrogens with one attached hydrogen (secondary N) is 1. The lowest BCUT2D eigenvalue weighted by molar-refractivity contribution is -0.115. The molecule has 1 amide bonds. The molecule has 0 aliphatic rings. The molecule has 0 fully saturated rings. The third kappa shape index (κ3) is 3.86. The summed E-state index contributed by atoms with van der Waals surface area (Å²) in [6, 6.07) is 9.79. The van der Waals surface area contributed by atoms with Gasteiger partial charge in [0, 0.05) is 17.1 Å². The minimum absolute atomic E-state index is 0.0645. The first-order valence-electron chi connectivity index (χ1n) is 9.49. The van der Waals surface area contributed by atoms with E-state index in [1.165, 1.54) is 16.5 Å². The molecule has 3 aromatic heterocycles. The fourth-order valence-electron chi connectivity index (χ4n) is 3.22. The van der Waals surface area contributed by atoms with Gasteiger partial charge in [-0.2, -0.15) is 0 Å². The quantitative estimate of drug-likeness (QED) is 0.372. The first-order valence-corrected chi connectivity index (χ1v) is 11.6. The number of hydrogen-bond acceptors (Lipinski definition) is 5. The SMILES string of the molecule is CCc1nnc(S[C@H](CC)C(=O)Nc2ccc(C)c(Cl)c2)c2cc3sccc3n12. The van der Waals surface area contributed by atoms with Crippen LogP contribution in [0.3, 0.4) is 0 Å². The Morgan fingerprint density at radius 3 is 2.79 bits per heavy atom. The van der Waals surface area contributed by atoms with Crippen LogP contribution in [0.15, 0.2) is 40.7 Å². The first-order chi connectivity index (χ1) is 14.0. The van der Waals surface area contributed by atoms with Crippen molar-refractivity contribution in [1.82, 2.24) is 14.6 Å². The maximum absolute atomic E-state index is 12.9. The second-order valence-electron chi connectivity index (χ2n) is 6.78. The van der Waals surface area contributed by atoms with E-state index in [1.54, 1.807) is 17.4 Å². The lowest BCUT2D eigenvalue weighted by atomic mass is 10.2. The van der Waals surface area contributed by atoms with Gasteiger partial charge in [-0.05, 0) is 48.6 Å². The topological polar surface area (TPSA) is 59.3 Å². The summed E-state index contributed by atoms with van der Waals surface area (Å²) < 4.78 is 3.36. The number of aryl methyl sites for hydroxylation is 2. The van der Waals surface area contributed by atoms with Crippen molar-refractivity contribution in [1.29, 1.82) is 0 Å². The lowest BCUT2D eigenvalue weighted by Crippen LogP contribution is -2.25. The normalized spacial score (nSPS) is 12.6. The molecule has 1 atom stereocenters. The molecule has 150 valence electrons. The Balaban J connectivity index is 1.63. The zero-order valence-corrected chi connectivity index (χ0v) is 18.8. The van der Waals surface area contributed by atoms with Gasteiger partial charge in [0.1, 0.15) is 10.9 Å². The van der Waals surface area contributed by atoms with Gasteiger partial charge >= 0.3 is 0 Å². The number of carbonyl (C=O) groups is 1. The molecule has 3 heterocycles. The molecule has 4 aromatic rings. The van der Waals surface area contributed by atoms with E-state index >= 15 is 0 Å². The minimum Gasteiger partial charge on any atom is -0.325 e. The molecular formula is C21H21ClN4OS2. The van der Waals surface area contributed by atoms with E-state index in [0.717, 1.165) is 33.9 Å². The van der Waals surface area contributed by atoms with Gasteiger partial charge in [-0.15, -0.1) is 21.5 Å².